The molecule has 6 nitrogen and oxygen atoms in total. The Balaban J connectivity index is 1.91. The molecule has 6 heteroatoms. The summed E-state index contributed by atoms with van der Waals surface area (Å²) in [6, 6.07) is 3.78. The lowest BCUT2D eigenvalue weighted by Crippen LogP contribution is -2.58. The van der Waals surface area contributed by atoms with E-state index >= 15 is 0 Å². The van der Waals surface area contributed by atoms with Crippen LogP contribution in [0, 0.1) is 0 Å². The first kappa shape index (κ1) is 14.5. The molecule has 1 aromatic heterocycles. The molecule has 1 aliphatic heterocycles. The molecule has 2 amide bonds. The van der Waals surface area contributed by atoms with Crippen LogP contribution in [0.5, 0.6) is 0 Å². The monoisotopic (exact) mass is 277 g/mol. The minimum Gasteiger partial charge on any atom is -0.367 e. The number of hydrogen-bond acceptors (Lipinski definition) is 4. The molecule has 1 aliphatic rings. The highest BCUT2D eigenvalue weighted by Crippen LogP contribution is 2.18. The highest BCUT2D eigenvalue weighted by molar-refractivity contribution is 5.85. The van der Waals surface area contributed by atoms with E-state index in [-0.39, 0.29) is 12.5 Å². The number of pyridine rings is 1. The van der Waals surface area contributed by atoms with E-state index in [0.717, 1.165) is 5.56 Å². The molecule has 0 bridgehead atoms. The number of hydrogen-bond donors (Lipinski definition) is 1. The number of amides is 2. The summed E-state index contributed by atoms with van der Waals surface area (Å²) in [6.45, 7) is 2.66. The van der Waals surface area contributed by atoms with Gasteiger partial charge in [-0.3, -0.25) is 14.6 Å². The number of aryl methyl sites for hydroxylation is 1. The highest BCUT2D eigenvalue weighted by Gasteiger charge is 2.38. The van der Waals surface area contributed by atoms with Crippen molar-refractivity contribution in [1.29, 1.82) is 0 Å². The molecule has 0 radical (unpaired) electrons. The lowest BCUT2D eigenvalue weighted by Gasteiger charge is -2.38. The zero-order valence-electron chi connectivity index (χ0n) is 11.5. The molecular weight excluding hydrogens is 258 g/mol. The molecule has 108 valence electrons. The van der Waals surface area contributed by atoms with Gasteiger partial charge in [0.1, 0.15) is 0 Å². The quantitative estimate of drug-likeness (QED) is 0.847. The Morgan fingerprint density at radius 3 is 3.00 bits per heavy atom. The summed E-state index contributed by atoms with van der Waals surface area (Å²) in [5.74, 6) is -0.535. The van der Waals surface area contributed by atoms with E-state index in [4.69, 9.17) is 10.5 Å². The molecule has 1 fully saturated rings. The summed E-state index contributed by atoms with van der Waals surface area (Å²) in [4.78, 5) is 29.2. The second-order valence-electron chi connectivity index (χ2n) is 5.12. The predicted molar refractivity (Wildman–Crippen MR) is 72.7 cm³/mol. The number of carbonyl (C=O) groups excluding carboxylic acids is 2. The second-order valence-corrected chi connectivity index (χ2v) is 5.12. The molecule has 2 rings (SSSR count). The average Bonchev–Trinajstić information content (AvgIpc) is 2.46. The zero-order valence-corrected chi connectivity index (χ0v) is 11.5. The van der Waals surface area contributed by atoms with Crippen molar-refractivity contribution in [1.82, 2.24) is 9.88 Å². The summed E-state index contributed by atoms with van der Waals surface area (Å²) in [7, 11) is 0. The van der Waals surface area contributed by atoms with Crippen molar-refractivity contribution in [3.8, 4) is 0 Å². The van der Waals surface area contributed by atoms with Crippen LogP contribution in [0.1, 0.15) is 18.9 Å². The van der Waals surface area contributed by atoms with E-state index in [1.807, 2.05) is 12.1 Å². The summed E-state index contributed by atoms with van der Waals surface area (Å²) in [5.41, 5.74) is 5.26. The number of rotatable bonds is 4. The maximum atomic E-state index is 12.2. The number of nitrogens with two attached hydrogens (primary N) is 1. The van der Waals surface area contributed by atoms with E-state index in [1.54, 1.807) is 24.2 Å². The van der Waals surface area contributed by atoms with Crippen LogP contribution in [0.15, 0.2) is 24.5 Å². The van der Waals surface area contributed by atoms with Crippen molar-refractivity contribution in [2.24, 2.45) is 5.73 Å². The van der Waals surface area contributed by atoms with Crippen LogP contribution in [-0.2, 0) is 20.7 Å². The van der Waals surface area contributed by atoms with Crippen LogP contribution in [0.4, 0.5) is 0 Å². The fourth-order valence-corrected chi connectivity index (χ4v) is 2.19. The van der Waals surface area contributed by atoms with Crippen molar-refractivity contribution in [2.75, 3.05) is 19.7 Å². The van der Waals surface area contributed by atoms with Crippen LogP contribution in [0.2, 0.25) is 0 Å². The minimum atomic E-state index is -1.08. The van der Waals surface area contributed by atoms with Gasteiger partial charge < -0.3 is 15.4 Å². The second kappa shape index (κ2) is 6.00. The first-order valence-electron chi connectivity index (χ1n) is 6.62. The van der Waals surface area contributed by atoms with Crippen LogP contribution < -0.4 is 5.73 Å². The third kappa shape index (κ3) is 3.33. The molecular formula is C14H19N3O3. The Labute approximate surface area is 117 Å². The number of carbonyl (C=O) groups is 2. The molecule has 0 spiro atoms. The molecule has 1 aromatic rings. The van der Waals surface area contributed by atoms with Crippen LogP contribution >= 0.6 is 0 Å². The summed E-state index contributed by atoms with van der Waals surface area (Å²) in [5, 5.41) is 0. The summed E-state index contributed by atoms with van der Waals surface area (Å²) in [6.07, 6.45) is 4.48. The van der Waals surface area contributed by atoms with Crippen molar-refractivity contribution < 1.29 is 14.3 Å². The van der Waals surface area contributed by atoms with E-state index in [0.29, 0.717) is 26.0 Å². The summed E-state index contributed by atoms with van der Waals surface area (Å²) >= 11 is 0. The predicted octanol–water partition coefficient (Wildman–Crippen LogP) is 0.117. The van der Waals surface area contributed by atoms with Gasteiger partial charge in [0.25, 0.3) is 5.91 Å². The first-order valence-corrected chi connectivity index (χ1v) is 6.62. The average molecular weight is 277 g/mol. The number of ether oxygens (including phenoxy) is 1. The fraction of sp³-hybridized carbons (Fsp3) is 0.500. The van der Waals surface area contributed by atoms with E-state index < -0.39 is 11.5 Å². The van der Waals surface area contributed by atoms with Gasteiger partial charge in [-0.25, -0.2) is 0 Å². The lowest BCUT2D eigenvalue weighted by atomic mass is 10.0. The van der Waals surface area contributed by atoms with Gasteiger partial charge in [0, 0.05) is 25.4 Å². The van der Waals surface area contributed by atoms with E-state index in [1.165, 1.54) is 0 Å². The van der Waals surface area contributed by atoms with Crippen molar-refractivity contribution in [3.63, 3.8) is 0 Å². The zero-order chi connectivity index (χ0) is 14.6. The van der Waals surface area contributed by atoms with Gasteiger partial charge in [-0.1, -0.05) is 6.07 Å². The molecule has 20 heavy (non-hydrogen) atoms. The third-order valence-corrected chi connectivity index (χ3v) is 3.50. The Morgan fingerprint density at radius 2 is 2.35 bits per heavy atom. The van der Waals surface area contributed by atoms with Crippen molar-refractivity contribution in [2.45, 2.75) is 25.4 Å². The number of aromatic nitrogens is 1. The topological polar surface area (TPSA) is 85.5 Å². The van der Waals surface area contributed by atoms with Crippen LogP contribution in [0.25, 0.3) is 0 Å². The molecule has 0 aromatic carbocycles. The maximum absolute atomic E-state index is 12.2. The van der Waals surface area contributed by atoms with Gasteiger partial charge in [-0.15, -0.1) is 0 Å². The summed E-state index contributed by atoms with van der Waals surface area (Å²) < 4.78 is 5.39. The van der Waals surface area contributed by atoms with Gasteiger partial charge in [0.05, 0.1) is 13.2 Å². The molecule has 0 saturated carbocycles. The largest absolute Gasteiger partial charge is 0.367 e. The van der Waals surface area contributed by atoms with Gasteiger partial charge in [0.2, 0.25) is 5.91 Å². The van der Waals surface area contributed by atoms with E-state index in [2.05, 4.69) is 4.98 Å². The molecule has 1 saturated heterocycles. The number of morpholine rings is 1. The van der Waals surface area contributed by atoms with Crippen molar-refractivity contribution in [3.05, 3.63) is 30.1 Å². The molecule has 2 N–H and O–H groups in total. The number of primary amides is 1. The Hall–Kier alpha value is -1.95. The van der Waals surface area contributed by atoms with Gasteiger partial charge >= 0.3 is 0 Å². The maximum Gasteiger partial charge on any atom is 0.251 e. The number of nitrogens with zero attached hydrogens (tertiary/aromatic N) is 2. The standard InChI is InChI=1S/C14H19N3O3/c1-14(13(15)19)10-17(7-8-20-14)12(18)5-4-11-3-2-6-16-9-11/h2-3,6,9H,4-5,7-8,10H2,1H3,(H2,15,19)/t14-/m1/s1. The fourth-order valence-electron chi connectivity index (χ4n) is 2.19. The molecule has 1 atom stereocenters. The highest BCUT2D eigenvalue weighted by atomic mass is 16.5. The Morgan fingerprint density at radius 1 is 1.55 bits per heavy atom. The minimum absolute atomic E-state index is 0.00429. The molecule has 0 aliphatic carbocycles. The van der Waals surface area contributed by atoms with Gasteiger partial charge in [-0.2, -0.15) is 0 Å². The van der Waals surface area contributed by atoms with E-state index in [9.17, 15) is 9.59 Å². The van der Waals surface area contributed by atoms with Crippen LogP contribution in [-0.4, -0.2) is 47.0 Å². The van der Waals surface area contributed by atoms with Gasteiger partial charge in [-0.05, 0) is 25.0 Å². The lowest BCUT2D eigenvalue weighted by molar-refractivity contribution is -0.160. The first-order chi connectivity index (χ1) is 9.51. The Kier molecular flexibility index (Phi) is 4.34. The third-order valence-electron chi connectivity index (χ3n) is 3.50. The molecule has 2 heterocycles. The van der Waals surface area contributed by atoms with Crippen LogP contribution in [0.3, 0.4) is 0 Å². The smallest absolute Gasteiger partial charge is 0.251 e. The van der Waals surface area contributed by atoms with Crippen molar-refractivity contribution >= 4 is 11.8 Å². The Bertz CT molecular complexity index is 492. The van der Waals surface area contributed by atoms with Gasteiger partial charge in [0.15, 0.2) is 5.60 Å². The SMILES string of the molecule is C[C@]1(C(N)=O)CN(C(=O)CCc2cccnc2)CCO1. The molecule has 0 unspecified atom stereocenters. The normalized spacial score (nSPS) is 22.6.